The van der Waals surface area contributed by atoms with E-state index >= 15 is 0 Å². The van der Waals surface area contributed by atoms with Gasteiger partial charge in [0.15, 0.2) is 0 Å². The number of anilines is 1. The first kappa shape index (κ1) is 8.34. The van der Waals surface area contributed by atoms with Gasteiger partial charge in [0.05, 0.1) is 0 Å². The van der Waals surface area contributed by atoms with Crippen molar-refractivity contribution in [3.05, 3.63) is 29.8 Å². The van der Waals surface area contributed by atoms with Crippen molar-refractivity contribution in [1.29, 1.82) is 0 Å². The molecule has 0 amide bonds. The topological polar surface area (TPSA) is 12.0 Å². The monoisotopic (exact) mass is 187 g/mol. The molecule has 14 heavy (non-hydrogen) atoms. The Morgan fingerprint density at radius 3 is 3.07 bits per heavy atom. The zero-order chi connectivity index (χ0) is 9.60. The van der Waals surface area contributed by atoms with Crippen LogP contribution in [0.4, 0.5) is 5.69 Å². The molecule has 1 aliphatic carbocycles. The van der Waals surface area contributed by atoms with Gasteiger partial charge in [-0.2, -0.15) is 0 Å². The second kappa shape index (κ2) is 2.75. The zero-order valence-corrected chi connectivity index (χ0v) is 8.72. The Morgan fingerprint density at radius 2 is 2.14 bits per heavy atom. The summed E-state index contributed by atoms with van der Waals surface area (Å²) < 4.78 is 0. The minimum atomic E-state index is 0.412. The molecule has 1 heteroatoms. The standard InChI is InChI=1S/C13H17N/c1-13-9-5-4-8-12(13)14-11-7-3-2-6-10(11)13/h2-3,6-7,12,14H,4-5,8-9H2,1H3/t12-,13-/m1/s1. The normalized spacial score (nSPS) is 34.5. The summed E-state index contributed by atoms with van der Waals surface area (Å²) in [5.74, 6) is 0. The molecule has 1 fully saturated rings. The first-order valence-electron chi connectivity index (χ1n) is 5.67. The number of hydrogen-bond donors (Lipinski definition) is 1. The Hall–Kier alpha value is -0.980. The third-order valence-electron chi connectivity index (χ3n) is 4.08. The van der Waals surface area contributed by atoms with Crippen molar-refractivity contribution in [3.63, 3.8) is 0 Å². The molecule has 0 unspecified atom stereocenters. The van der Waals surface area contributed by atoms with Gasteiger partial charge in [0.2, 0.25) is 0 Å². The fourth-order valence-corrected chi connectivity index (χ4v) is 3.18. The number of benzene rings is 1. The Balaban J connectivity index is 2.10. The van der Waals surface area contributed by atoms with Gasteiger partial charge >= 0.3 is 0 Å². The van der Waals surface area contributed by atoms with Crippen LogP contribution in [0.15, 0.2) is 24.3 Å². The molecule has 2 atom stereocenters. The van der Waals surface area contributed by atoms with E-state index < -0.39 is 0 Å². The summed E-state index contributed by atoms with van der Waals surface area (Å²) in [6.07, 6.45) is 5.47. The number of para-hydroxylation sites is 1. The van der Waals surface area contributed by atoms with Crippen molar-refractivity contribution in [2.45, 2.75) is 44.1 Å². The number of nitrogens with one attached hydrogen (secondary N) is 1. The maximum atomic E-state index is 3.68. The number of fused-ring (bicyclic) bond motifs is 3. The molecule has 0 spiro atoms. The lowest BCUT2D eigenvalue weighted by Crippen LogP contribution is -2.38. The van der Waals surface area contributed by atoms with E-state index in [1.54, 1.807) is 5.56 Å². The Labute approximate surface area is 85.5 Å². The molecule has 1 aromatic carbocycles. The predicted octanol–water partition coefficient (Wildman–Crippen LogP) is 3.31. The average molecular weight is 187 g/mol. The third-order valence-corrected chi connectivity index (χ3v) is 4.08. The molecule has 74 valence electrons. The maximum absolute atomic E-state index is 3.68. The minimum absolute atomic E-state index is 0.412. The quantitative estimate of drug-likeness (QED) is 0.657. The van der Waals surface area contributed by atoms with Gasteiger partial charge in [-0.1, -0.05) is 38.0 Å². The molecular formula is C13H17N. The van der Waals surface area contributed by atoms with Crippen LogP contribution in [0.5, 0.6) is 0 Å². The summed E-state index contributed by atoms with van der Waals surface area (Å²) in [5.41, 5.74) is 3.33. The molecule has 2 aliphatic rings. The smallest absolute Gasteiger partial charge is 0.0381 e. The van der Waals surface area contributed by atoms with Crippen LogP contribution in [0.25, 0.3) is 0 Å². The van der Waals surface area contributed by atoms with Crippen LogP contribution in [-0.4, -0.2) is 6.04 Å². The summed E-state index contributed by atoms with van der Waals surface area (Å²) in [6.45, 7) is 2.43. The first-order chi connectivity index (χ1) is 6.81. The van der Waals surface area contributed by atoms with E-state index in [1.165, 1.54) is 31.4 Å². The van der Waals surface area contributed by atoms with E-state index in [1.807, 2.05) is 0 Å². The van der Waals surface area contributed by atoms with Gasteiger partial charge in [0.1, 0.15) is 0 Å². The van der Waals surface area contributed by atoms with E-state index in [0.717, 1.165) is 0 Å². The van der Waals surface area contributed by atoms with Gasteiger partial charge in [0, 0.05) is 17.1 Å². The lowest BCUT2D eigenvalue weighted by Gasteiger charge is -2.36. The summed E-state index contributed by atoms with van der Waals surface area (Å²) in [6, 6.07) is 9.51. The predicted molar refractivity (Wildman–Crippen MR) is 59.7 cm³/mol. The van der Waals surface area contributed by atoms with Crippen molar-refractivity contribution in [2.24, 2.45) is 0 Å². The fraction of sp³-hybridized carbons (Fsp3) is 0.538. The first-order valence-corrected chi connectivity index (χ1v) is 5.67. The molecule has 0 radical (unpaired) electrons. The summed E-state index contributed by atoms with van der Waals surface area (Å²) in [4.78, 5) is 0. The van der Waals surface area contributed by atoms with Crippen LogP contribution in [0.2, 0.25) is 0 Å². The molecule has 1 N–H and O–H groups in total. The van der Waals surface area contributed by atoms with Crippen LogP contribution in [0, 0.1) is 0 Å². The molecule has 1 aliphatic heterocycles. The summed E-state index contributed by atoms with van der Waals surface area (Å²) in [5, 5.41) is 3.68. The Morgan fingerprint density at radius 1 is 1.29 bits per heavy atom. The summed E-state index contributed by atoms with van der Waals surface area (Å²) in [7, 11) is 0. The molecule has 1 nitrogen and oxygen atoms in total. The van der Waals surface area contributed by atoms with Crippen molar-refractivity contribution in [2.75, 3.05) is 5.32 Å². The van der Waals surface area contributed by atoms with Crippen LogP contribution in [0.3, 0.4) is 0 Å². The van der Waals surface area contributed by atoms with E-state index in [4.69, 9.17) is 0 Å². The Kier molecular flexibility index (Phi) is 1.64. The van der Waals surface area contributed by atoms with Crippen molar-refractivity contribution < 1.29 is 0 Å². The van der Waals surface area contributed by atoms with Crippen molar-refractivity contribution >= 4 is 5.69 Å². The molecule has 1 saturated carbocycles. The van der Waals surface area contributed by atoms with E-state index in [2.05, 4.69) is 36.5 Å². The Bertz CT molecular complexity index is 358. The second-order valence-corrected chi connectivity index (χ2v) is 4.91. The van der Waals surface area contributed by atoms with Gasteiger partial charge in [-0.25, -0.2) is 0 Å². The highest BCUT2D eigenvalue weighted by molar-refractivity contribution is 5.62. The highest BCUT2D eigenvalue weighted by Crippen LogP contribution is 2.48. The molecular weight excluding hydrogens is 170 g/mol. The molecule has 0 bridgehead atoms. The average Bonchev–Trinajstić information content (AvgIpc) is 2.51. The van der Waals surface area contributed by atoms with Gasteiger partial charge in [0.25, 0.3) is 0 Å². The fourth-order valence-electron chi connectivity index (χ4n) is 3.18. The highest BCUT2D eigenvalue weighted by Gasteiger charge is 2.43. The van der Waals surface area contributed by atoms with Gasteiger partial charge in [-0.05, 0) is 24.5 Å². The van der Waals surface area contributed by atoms with Crippen LogP contribution in [-0.2, 0) is 5.41 Å². The lowest BCUT2D eigenvalue weighted by atomic mass is 9.70. The molecule has 1 aromatic rings. The highest BCUT2D eigenvalue weighted by atomic mass is 15.0. The lowest BCUT2D eigenvalue weighted by molar-refractivity contribution is 0.305. The van der Waals surface area contributed by atoms with Crippen LogP contribution >= 0.6 is 0 Å². The van der Waals surface area contributed by atoms with Crippen molar-refractivity contribution in [1.82, 2.24) is 0 Å². The summed E-state index contributed by atoms with van der Waals surface area (Å²) >= 11 is 0. The molecule has 3 rings (SSSR count). The van der Waals surface area contributed by atoms with Crippen LogP contribution < -0.4 is 5.32 Å². The number of rotatable bonds is 0. The third kappa shape index (κ3) is 0.956. The van der Waals surface area contributed by atoms with E-state index in [-0.39, 0.29) is 0 Å². The molecule has 1 heterocycles. The largest absolute Gasteiger partial charge is 0.381 e. The molecule has 0 saturated heterocycles. The van der Waals surface area contributed by atoms with Crippen molar-refractivity contribution in [3.8, 4) is 0 Å². The van der Waals surface area contributed by atoms with E-state index in [0.29, 0.717) is 11.5 Å². The number of hydrogen-bond acceptors (Lipinski definition) is 1. The maximum Gasteiger partial charge on any atom is 0.0381 e. The van der Waals surface area contributed by atoms with Gasteiger partial charge in [-0.3, -0.25) is 0 Å². The zero-order valence-electron chi connectivity index (χ0n) is 8.72. The minimum Gasteiger partial charge on any atom is -0.381 e. The molecule has 0 aromatic heterocycles. The SMILES string of the molecule is C[C@]12CCCC[C@H]1Nc1ccccc12. The second-order valence-electron chi connectivity index (χ2n) is 4.91. The van der Waals surface area contributed by atoms with Crippen LogP contribution in [0.1, 0.15) is 38.2 Å². The van der Waals surface area contributed by atoms with Gasteiger partial charge < -0.3 is 5.32 Å². The van der Waals surface area contributed by atoms with Gasteiger partial charge in [-0.15, -0.1) is 0 Å². The van der Waals surface area contributed by atoms with E-state index in [9.17, 15) is 0 Å².